The zero-order valence-electron chi connectivity index (χ0n) is 12.5. The molecule has 0 aliphatic heterocycles. The topological polar surface area (TPSA) is 30.5 Å². The lowest BCUT2D eigenvalue weighted by atomic mass is 10.1. The van der Waals surface area contributed by atoms with Crippen LogP contribution in [-0.4, -0.2) is 14.2 Å². The first kappa shape index (κ1) is 15.9. The van der Waals surface area contributed by atoms with E-state index in [0.717, 1.165) is 22.5 Å². The molecule has 21 heavy (non-hydrogen) atoms. The van der Waals surface area contributed by atoms with Gasteiger partial charge in [-0.15, -0.1) is 0 Å². The number of hydrogen-bond donors (Lipinski definition) is 1. The summed E-state index contributed by atoms with van der Waals surface area (Å²) in [6, 6.07) is 14.3. The average molecular weight is 350 g/mol. The third-order valence-corrected chi connectivity index (χ3v) is 4.22. The molecule has 0 aromatic heterocycles. The molecular weight excluding hydrogens is 330 g/mol. The van der Waals surface area contributed by atoms with Crippen molar-refractivity contribution in [3.05, 3.63) is 58.1 Å². The van der Waals surface area contributed by atoms with Crippen LogP contribution in [0.25, 0.3) is 0 Å². The molecule has 0 unspecified atom stereocenters. The van der Waals surface area contributed by atoms with Crippen LogP contribution < -0.4 is 14.8 Å². The highest BCUT2D eigenvalue weighted by atomic mass is 79.9. The van der Waals surface area contributed by atoms with Gasteiger partial charge in [0.25, 0.3) is 0 Å². The van der Waals surface area contributed by atoms with Crippen molar-refractivity contribution in [2.24, 2.45) is 0 Å². The van der Waals surface area contributed by atoms with Crippen molar-refractivity contribution in [1.29, 1.82) is 0 Å². The molecule has 2 aromatic rings. The molecule has 0 saturated carbocycles. The molecule has 0 heterocycles. The maximum atomic E-state index is 5.27. The Kier molecular flexibility index (Phi) is 5.65. The summed E-state index contributed by atoms with van der Waals surface area (Å²) in [7, 11) is 3.36. The van der Waals surface area contributed by atoms with E-state index in [-0.39, 0.29) is 6.04 Å². The quantitative estimate of drug-likeness (QED) is 0.842. The third-order valence-electron chi connectivity index (χ3n) is 3.45. The number of benzene rings is 2. The van der Waals surface area contributed by atoms with Gasteiger partial charge in [-0.1, -0.05) is 28.1 Å². The smallest absolute Gasteiger partial charge is 0.119 e. The standard InChI is InChI=1S/C17H20BrNO2/c1-12(13-5-4-6-15(9-13)20-2)19-11-14-10-16(21-3)7-8-17(14)18/h4-10,12,19H,11H2,1-3H3/t12-/m1/s1. The molecule has 0 amide bonds. The summed E-state index contributed by atoms with van der Waals surface area (Å²) >= 11 is 3.57. The van der Waals surface area contributed by atoms with Gasteiger partial charge in [-0.3, -0.25) is 0 Å². The molecule has 0 aliphatic rings. The van der Waals surface area contributed by atoms with Crippen molar-refractivity contribution in [2.75, 3.05) is 14.2 Å². The number of hydrogen-bond acceptors (Lipinski definition) is 3. The molecule has 0 spiro atoms. The largest absolute Gasteiger partial charge is 0.497 e. The fourth-order valence-corrected chi connectivity index (χ4v) is 2.49. The zero-order chi connectivity index (χ0) is 15.2. The van der Waals surface area contributed by atoms with Gasteiger partial charge in [0.05, 0.1) is 14.2 Å². The van der Waals surface area contributed by atoms with E-state index in [0.29, 0.717) is 0 Å². The Morgan fingerprint density at radius 1 is 1.05 bits per heavy atom. The first-order valence-corrected chi connectivity index (χ1v) is 7.63. The fraction of sp³-hybridized carbons (Fsp3) is 0.294. The minimum absolute atomic E-state index is 0.234. The fourth-order valence-electron chi connectivity index (χ4n) is 2.11. The highest BCUT2D eigenvalue weighted by Crippen LogP contribution is 2.24. The second kappa shape index (κ2) is 7.48. The van der Waals surface area contributed by atoms with E-state index in [9.17, 15) is 0 Å². The van der Waals surface area contributed by atoms with Crippen molar-refractivity contribution in [3.63, 3.8) is 0 Å². The van der Waals surface area contributed by atoms with E-state index in [2.05, 4.69) is 40.3 Å². The molecule has 0 fully saturated rings. The summed E-state index contributed by atoms with van der Waals surface area (Å²) in [5.74, 6) is 1.74. The molecule has 4 heteroatoms. The summed E-state index contributed by atoms with van der Waals surface area (Å²) in [4.78, 5) is 0. The van der Waals surface area contributed by atoms with E-state index in [1.807, 2.05) is 30.3 Å². The molecular formula is C17H20BrNO2. The Labute approximate surface area is 134 Å². The molecule has 3 nitrogen and oxygen atoms in total. The molecule has 0 bridgehead atoms. The van der Waals surface area contributed by atoms with Crippen LogP contribution >= 0.6 is 15.9 Å². The van der Waals surface area contributed by atoms with Crippen LogP contribution in [0.3, 0.4) is 0 Å². The van der Waals surface area contributed by atoms with Crippen LogP contribution in [0.4, 0.5) is 0 Å². The zero-order valence-corrected chi connectivity index (χ0v) is 14.1. The molecule has 112 valence electrons. The number of rotatable bonds is 6. The number of halogens is 1. The summed E-state index contributed by atoms with van der Waals surface area (Å²) < 4.78 is 11.6. The number of ether oxygens (including phenoxy) is 2. The van der Waals surface area contributed by atoms with Crippen LogP contribution in [0.2, 0.25) is 0 Å². The normalized spacial score (nSPS) is 12.0. The Morgan fingerprint density at radius 2 is 1.76 bits per heavy atom. The van der Waals surface area contributed by atoms with Crippen molar-refractivity contribution in [1.82, 2.24) is 5.32 Å². The monoisotopic (exact) mass is 349 g/mol. The highest BCUT2D eigenvalue weighted by molar-refractivity contribution is 9.10. The molecule has 2 rings (SSSR count). The molecule has 0 aliphatic carbocycles. The van der Waals surface area contributed by atoms with Gasteiger partial charge in [0, 0.05) is 17.1 Å². The maximum absolute atomic E-state index is 5.27. The van der Waals surface area contributed by atoms with Gasteiger partial charge in [-0.25, -0.2) is 0 Å². The van der Waals surface area contributed by atoms with Crippen LogP contribution in [0.15, 0.2) is 46.9 Å². The first-order valence-electron chi connectivity index (χ1n) is 6.83. The summed E-state index contributed by atoms with van der Waals surface area (Å²) in [5, 5.41) is 3.52. The average Bonchev–Trinajstić information content (AvgIpc) is 2.53. The van der Waals surface area contributed by atoms with Crippen LogP contribution in [-0.2, 0) is 6.54 Å². The lowest BCUT2D eigenvalue weighted by Crippen LogP contribution is -2.18. The summed E-state index contributed by atoms with van der Waals surface area (Å²) in [6.07, 6.45) is 0. The van der Waals surface area contributed by atoms with Crippen LogP contribution in [0.1, 0.15) is 24.1 Å². The van der Waals surface area contributed by atoms with Gasteiger partial charge >= 0.3 is 0 Å². The van der Waals surface area contributed by atoms with Crippen molar-refractivity contribution >= 4 is 15.9 Å². The van der Waals surface area contributed by atoms with Crippen molar-refractivity contribution in [2.45, 2.75) is 19.5 Å². The minimum Gasteiger partial charge on any atom is -0.497 e. The second-order valence-corrected chi connectivity index (χ2v) is 5.69. The summed E-state index contributed by atoms with van der Waals surface area (Å²) in [6.45, 7) is 2.90. The second-order valence-electron chi connectivity index (χ2n) is 4.84. The van der Waals surface area contributed by atoms with E-state index in [1.165, 1.54) is 11.1 Å². The van der Waals surface area contributed by atoms with E-state index >= 15 is 0 Å². The van der Waals surface area contributed by atoms with Crippen molar-refractivity contribution < 1.29 is 9.47 Å². The predicted octanol–water partition coefficient (Wildman–Crippen LogP) is 4.32. The first-order chi connectivity index (χ1) is 10.1. The minimum atomic E-state index is 0.234. The van der Waals surface area contributed by atoms with Gasteiger partial charge in [-0.2, -0.15) is 0 Å². The van der Waals surface area contributed by atoms with Gasteiger partial charge < -0.3 is 14.8 Å². The SMILES string of the molecule is COc1cccc([C@@H](C)NCc2cc(OC)ccc2Br)c1. The van der Waals surface area contributed by atoms with Gasteiger partial charge in [0.2, 0.25) is 0 Å². The lowest BCUT2D eigenvalue weighted by Gasteiger charge is -2.16. The molecule has 0 saturated heterocycles. The molecule has 2 aromatic carbocycles. The van der Waals surface area contributed by atoms with Gasteiger partial charge in [0.1, 0.15) is 11.5 Å². The van der Waals surface area contributed by atoms with Gasteiger partial charge in [-0.05, 0) is 48.4 Å². The van der Waals surface area contributed by atoms with Crippen LogP contribution in [0.5, 0.6) is 11.5 Å². The summed E-state index contributed by atoms with van der Waals surface area (Å²) in [5.41, 5.74) is 2.37. The molecule has 0 radical (unpaired) electrons. The van der Waals surface area contributed by atoms with Crippen LogP contribution in [0, 0.1) is 0 Å². The third kappa shape index (κ3) is 4.22. The maximum Gasteiger partial charge on any atom is 0.119 e. The van der Waals surface area contributed by atoms with Crippen molar-refractivity contribution in [3.8, 4) is 11.5 Å². The predicted molar refractivity (Wildman–Crippen MR) is 88.9 cm³/mol. The molecule has 1 atom stereocenters. The van der Waals surface area contributed by atoms with E-state index in [1.54, 1.807) is 14.2 Å². The van der Waals surface area contributed by atoms with E-state index < -0.39 is 0 Å². The highest BCUT2D eigenvalue weighted by Gasteiger charge is 2.08. The lowest BCUT2D eigenvalue weighted by molar-refractivity contribution is 0.412. The van der Waals surface area contributed by atoms with Gasteiger partial charge in [0.15, 0.2) is 0 Å². The Hall–Kier alpha value is -1.52. The van der Waals surface area contributed by atoms with E-state index in [4.69, 9.17) is 9.47 Å². The Balaban J connectivity index is 2.05. The number of methoxy groups -OCH3 is 2. The number of nitrogens with one attached hydrogen (secondary N) is 1. The Bertz CT molecular complexity index is 601. The Morgan fingerprint density at radius 3 is 2.48 bits per heavy atom. The molecule has 1 N–H and O–H groups in total.